The van der Waals surface area contributed by atoms with E-state index in [9.17, 15) is 22.8 Å². The van der Waals surface area contributed by atoms with Crippen molar-refractivity contribution < 1.29 is 22.8 Å². The Kier molecular flexibility index (Phi) is 13.6. The minimum absolute atomic E-state index is 0.106. The van der Waals surface area contributed by atoms with Crippen molar-refractivity contribution in [2.75, 3.05) is 25.6 Å². The standard InChI is InChI=1S/C30H50N4O5S2/c1-20(2)23(19-21(3)26(35)33-41(38,39)18-14-17-40)34(10)28(37)25(29(4,5)6)32-27(36)24(31-9)30(7,8)22-15-12-11-13-16-22/h11-13,15-16,19-20,23-25,31,40H,14,17-18H2,1-10H3,(H,32,36)(H,33,35). The number of carbonyl (C=O) groups excluding carboxylic acids is 3. The van der Waals surface area contributed by atoms with Gasteiger partial charge in [0.15, 0.2) is 0 Å². The SMILES string of the molecule is CNC(C(=O)NC(C(=O)N(C)C(C=C(C)C(=O)NS(=O)(=O)CCCS)C(C)C)C(C)(C)C)C(C)(C)c1ccccc1. The Morgan fingerprint density at radius 2 is 1.59 bits per heavy atom. The highest BCUT2D eigenvalue weighted by atomic mass is 32.2. The largest absolute Gasteiger partial charge is 0.342 e. The molecule has 0 aromatic heterocycles. The number of thiol groups is 1. The molecule has 3 unspecified atom stereocenters. The number of amides is 3. The van der Waals surface area contributed by atoms with Crippen LogP contribution >= 0.6 is 12.6 Å². The first-order valence-corrected chi connectivity index (χ1v) is 16.2. The minimum Gasteiger partial charge on any atom is -0.342 e. The number of hydrogen-bond acceptors (Lipinski definition) is 7. The first-order chi connectivity index (χ1) is 18.8. The predicted octanol–water partition coefficient (Wildman–Crippen LogP) is 3.28. The monoisotopic (exact) mass is 610 g/mol. The smallest absolute Gasteiger partial charge is 0.260 e. The van der Waals surface area contributed by atoms with E-state index >= 15 is 0 Å². The van der Waals surface area contributed by atoms with E-state index in [1.54, 1.807) is 20.2 Å². The maximum atomic E-state index is 14.0. The maximum Gasteiger partial charge on any atom is 0.260 e. The number of benzene rings is 1. The average Bonchev–Trinajstić information content (AvgIpc) is 2.87. The van der Waals surface area contributed by atoms with Crippen LogP contribution in [0.4, 0.5) is 0 Å². The molecule has 1 rings (SSSR count). The molecule has 1 aromatic carbocycles. The summed E-state index contributed by atoms with van der Waals surface area (Å²) in [4.78, 5) is 41.8. The molecule has 0 saturated heterocycles. The Bertz CT molecular complexity index is 1180. The van der Waals surface area contributed by atoms with Gasteiger partial charge in [0.05, 0.1) is 17.8 Å². The molecule has 0 spiro atoms. The van der Waals surface area contributed by atoms with Crippen molar-refractivity contribution in [1.29, 1.82) is 0 Å². The molecule has 3 N–H and O–H groups in total. The van der Waals surface area contributed by atoms with Crippen LogP contribution in [-0.4, -0.2) is 74.8 Å². The van der Waals surface area contributed by atoms with Gasteiger partial charge in [-0.25, -0.2) is 13.1 Å². The van der Waals surface area contributed by atoms with Gasteiger partial charge < -0.3 is 15.5 Å². The topological polar surface area (TPSA) is 125 Å². The van der Waals surface area contributed by atoms with E-state index in [-0.39, 0.29) is 29.1 Å². The Labute approximate surface area is 252 Å². The zero-order valence-electron chi connectivity index (χ0n) is 26.2. The van der Waals surface area contributed by atoms with Gasteiger partial charge in [-0.1, -0.05) is 84.9 Å². The lowest BCUT2D eigenvalue weighted by molar-refractivity contribution is -0.140. The first kappa shape index (κ1) is 36.7. The Balaban J connectivity index is 3.28. The highest BCUT2D eigenvalue weighted by Gasteiger charge is 2.41. The Hall–Kier alpha value is -2.37. The molecule has 3 atom stereocenters. The van der Waals surface area contributed by atoms with E-state index in [0.29, 0.717) is 12.2 Å². The van der Waals surface area contributed by atoms with Crippen molar-refractivity contribution >= 4 is 40.4 Å². The van der Waals surface area contributed by atoms with Gasteiger partial charge in [0.25, 0.3) is 5.91 Å². The third kappa shape index (κ3) is 10.4. The van der Waals surface area contributed by atoms with Gasteiger partial charge in [0.2, 0.25) is 21.8 Å². The molecule has 0 fully saturated rings. The van der Waals surface area contributed by atoms with Crippen LogP contribution in [0.25, 0.3) is 0 Å². The van der Waals surface area contributed by atoms with Gasteiger partial charge in [-0.3, -0.25) is 14.4 Å². The second-order valence-corrected chi connectivity index (χ2v) is 14.8. The predicted molar refractivity (Wildman–Crippen MR) is 169 cm³/mol. The summed E-state index contributed by atoms with van der Waals surface area (Å²) in [6.07, 6.45) is 1.92. The van der Waals surface area contributed by atoms with Crippen molar-refractivity contribution in [1.82, 2.24) is 20.3 Å². The van der Waals surface area contributed by atoms with E-state index in [0.717, 1.165) is 5.56 Å². The lowest BCUT2D eigenvalue weighted by atomic mass is 9.76. The Morgan fingerprint density at radius 3 is 2.05 bits per heavy atom. The number of likely N-dealkylation sites (N-methyl/N-ethyl adjacent to an activating group) is 2. The van der Waals surface area contributed by atoms with Crippen LogP contribution in [0, 0.1) is 11.3 Å². The number of carbonyl (C=O) groups is 3. The normalized spacial score (nSPS) is 15.2. The van der Waals surface area contributed by atoms with Crippen LogP contribution < -0.4 is 15.4 Å². The van der Waals surface area contributed by atoms with Gasteiger partial charge in [0.1, 0.15) is 6.04 Å². The van der Waals surface area contributed by atoms with E-state index in [2.05, 4.69) is 28.0 Å². The van der Waals surface area contributed by atoms with Crippen molar-refractivity contribution in [3.8, 4) is 0 Å². The van der Waals surface area contributed by atoms with Crippen LogP contribution in [0.15, 0.2) is 42.0 Å². The van der Waals surface area contributed by atoms with Gasteiger partial charge in [-0.15, -0.1) is 0 Å². The molecule has 0 radical (unpaired) electrons. The van der Waals surface area contributed by atoms with E-state index < -0.39 is 44.9 Å². The molecule has 41 heavy (non-hydrogen) atoms. The van der Waals surface area contributed by atoms with Gasteiger partial charge >= 0.3 is 0 Å². The molecule has 9 nitrogen and oxygen atoms in total. The molecule has 0 heterocycles. The van der Waals surface area contributed by atoms with Crippen molar-refractivity contribution in [3.63, 3.8) is 0 Å². The molecule has 0 aliphatic rings. The van der Waals surface area contributed by atoms with E-state index in [4.69, 9.17) is 0 Å². The molecule has 232 valence electrons. The van der Waals surface area contributed by atoms with Crippen LogP contribution in [0.3, 0.4) is 0 Å². The fourth-order valence-corrected chi connectivity index (χ4v) is 6.13. The van der Waals surface area contributed by atoms with E-state index in [1.807, 2.05) is 78.8 Å². The fourth-order valence-electron chi connectivity index (χ4n) is 4.69. The van der Waals surface area contributed by atoms with Crippen molar-refractivity contribution in [2.45, 2.75) is 85.4 Å². The summed E-state index contributed by atoms with van der Waals surface area (Å²) in [5.41, 5.74) is -0.0431. The second-order valence-electron chi connectivity index (χ2n) is 12.5. The molecule has 3 amide bonds. The molecule has 0 aliphatic heterocycles. The summed E-state index contributed by atoms with van der Waals surface area (Å²) >= 11 is 4.02. The maximum absolute atomic E-state index is 14.0. The molecular weight excluding hydrogens is 560 g/mol. The summed E-state index contributed by atoms with van der Waals surface area (Å²) in [5, 5.41) is 6.14. The molecule has 11 heteroatoms. The van der Waals surface area contributed by atoms with Crippen LogP contribution in [0.2, 0.25) is 0 Å². The third-order valence-electron chi connectivity index (χ3n) is 7.27. The number of rotatable bonds is 14. The molecular formula is C30H50N4O5S2. The first-order valence-electron chi connectivity index (χ1n) is 13.9. The number of nitrogens with zero attached hydrogens (tertiary/aromatic N) is 1. The van der Waals surface area contributed by atoms with Gasteiger partial charge in [-0.05, 0) is 43.0 Å². The number of nitrogens with one attached hydrogen (secondary N) is 3. The summed E-state index contributed by atoms with van der Waals surface area (Å²) < 4.78 is 26.5. The zero-order valence-corrected chi connectivity index (χ0v) is 27.9. The van der Waals surface area contributed by atoms with Crippen LogP contribution in [0.5, 0.6) is 0 Å². The second kappa shape index (κ2) is 15.2. The average molecular weight is 611 g/mol. The zero-order chi connectivity index (χ0) is 31.8. The molecule has 0 saturated carbocycles. The van der Waals surface area contributed by atoms with Crippen LogP contribution in [0.1, 0.15) is 67.4 Å². The summed E-state index contributed by atoms with van der Waals surface area (Å²) in [6, 6.07) is 7.71. The lowest BCUT2D eigenvalue weighted by Gasteiger charge is -2.40. The molecule has 0 aliphatic carbocycles. The van der Waals surface area contributed by atoms with E-state index in [1.165, 1.54) is 11.8 Å². The molecule has 0 bridgehead atoms. The minimum atomic E-state index is -3.79. The summed E-state index contributed by atoms with van der Waals surface area (Å²) in [5.74, 6) is -1.29. The van der Waals surface area contributed by atoms with Crippen molar-refractivity contribution in [2.24, 2.45) is 11.3 Å². The van der Waals surface area contributed by atoms with Gasteiger partial charge in [0, 0.05) is 18.0 Å². The number of hydrogen-bond donors (Lipinski definition) is 4. The number of sulfonamides is 1. The lowest BCUT2D eigenvalue weighted by Crippen LogP contribution is -2.61. The quantitative estimate of drug-likeness (QED) is 0.189. The summed E-state index contributed by atoms with van der Waals surface area (Å²) in [6.45, 7) is 14.9. The highest BCUT2D eigenvalue weighted by molar-refractivity contribution is 7.90. The van der Waals surface area contributed by atoms with Crippen molar-refractivity contribution in [3.05, 3.63) is 47.5 Å². The van der Waals surface area contributed by atoms with Crippen LogP contribution in [-0.2, 0) is 29.8 Å². The fraction of sp³-hybridized carbons (Fsp3) is 0.633. The molecule has 1 aromatic rings. The summed E-state index contributed by atoms with van der Waals surface area (Å²) in [7, 11) is -0.438. The third-order valence-corrected chi connectivity index (χ3v) is 8.90. The highest BCUT2D eigenvalue weighted by Crippen LogP contribution is 2.29. The van der Waals surface area contributed by atoms with Gasteiger partial charge in [-0.2, -0.15) is 12.6 Å². The Morgan fingerprint density at radius 1 is 1.02 bits per heavy atom.